The second kappa shape index (κ2) is 27.2. The summed E-state index contributed by atoms with van der Waals surface area (Å²) in [5, 5.41) is 10.3. The summed E-state index contributed by atoms with van der Waals surface area (Å²) in [6, 6.07) is 47.8. The predicted molar refractivity (Wildman–Crippen MR) is 308 cm³/mol. The average molecular weight is 1120 g/mol. The molecule has 12 nitrogen and oxygen atoms in total. The minimum absolute atomic E-state index is 0.0336. The number of aromatic carboxylic acids is 1. The van der Waals surface area contributed by atoms with Gasteiger partial charge in [-0.1, -0.05) is 216 Å². The molecule has 0 aliphatic rings. The van der Waals surface area contributed by atoms with Gasteiger partial charge >= 0.3 is 11.9 Å². The summed E-state index contributed by atoms with van der Waals surface area (Å²) in [7, 11) is -4.35. The zero-order chi connectivity index (χ0) is 55.8. The van der Waals surface area contributed by atoms with Crippen LogP contribution in [0.1, 0.15) is 101 Å². The fourth-order valence-corrected chi connectivity index (χ4v) is 9.21. The lowest BCUT2D eigenvalue weighted by atomic mass is 10.1. The first-order valence-corrected chi connectivity index (χ1v) is 32.0. The van der Waals surface area contributed by atoms with E-state index in [0.29, 0.717) is 11.1 Å². The summed E-state index contributed by atoms with van der Waals surface area (Å²) in [6.45, 7) is 22.4. The number of ether oxygens (including phenoxy) is 5. The standard InChI is InChI=1S/C34H38ClNO5Si.C27H32ClNO5Si/c1-34(2,3)42(4,5)41-24-28-30(38-21-25-15-9-6-10-16-25)29(33(37)40-23-27-19-13-8-14-20-27)32(36-31(28)35)39-22-26-17-11-7-12-18-26;1-27(2,3)35(4,5)34-18-21-23(32-16-19-12-8-6-9-13-19)22(26(30)31)25(29-24(21)28)33-17-20-14-10-7-11-15-20/h6-20H,21-24H2,1-5H3;6-15H,16-18H2,1-5H3,(H,30,31). The van der Waals surface area contributed by atoms with Crippen molar-refractivity contribution in [3.8, 4) is 23.3 Å². The predicted octanol–water partition coefficient (Wildman–Crippen LogP) is 15.9. The number of aromatic nitrogens is 2. The van der Waals surface area contributed by atoms with E-state index in [1.807, 2.05) is 152 Å². The van der Waals surface area contributed by atoms with Gasteiger partial charge in [0.05, 0.1) is 24.3 Å². The molecule has 0 fully saturated rings. The highest BCUT2D eigenvalue weighted by Crippen LogP contribution is 2.43. The van der Waals surface area contributed by atoms with Crippen molar-refractivity contribution in [3.05, 3.63) is 212 Å². The van der Waals surface area contributed by atoms with Crippen LogP contribution in [0.25, 0.3) is 0 Å². The first-order chi connectivity index (χ1) is 36.5. The maximum atomic E-state index is 13.8. The van der Waals surface area contributed by atoms with Gasteiger partial charge in [0.25, 0.3) is 0 Å². The molecule has 0 saturated heterocycles. The quantitative estimate of drug-likeness (QED) is 0.0392. The highest BCUT2D eigenvalue weighted by atomic mass is 35.5. The van der Waals surface area contributed by atoms with Gasteiger partial charge in [-0.15, -0.1) is 0 Å². The number of rotatable bonds is 22. The Labute approximate surface area is 465 Å². The number of hydrogen-bond donors (Lipinski definition) is 1. The van der Waals surface area contributed by atoms with E-state index in [9.17, 15) is 14.7 Å². The number of hydrogen-bond acceptors (Lipinski definition) is 11. The summed E-state index contributed by atoms with van der Waals surface area (Å²) in [5.74, 6) is -1.52. The molecule has 0 bridgehead atoms. The number of halogens is 2. The van der Waals surface area contributed by atoms with Crippen LogP contribution in [0.4, 0.5) is 0 Å². The molecule has 16 heteroatoms. The molecule has 0 saturated carbocycles. The van der Waals surface area contributed by atoms with Crippen molar-refractivity contribution < 1.29 is 47.2 Å². The SMILES string of the molecule is CC(C)(C)[Si](C)(C)OCc1c(Cl)nc(OCc2ccccc2)c(C(=O)O)c1OCc1ccccc1.CC(C)(C)[Si](C)(C)OCc1c(Cl)nc(OCc2ccccc2)c(C(=O)OCc2ccccc2)c1OCc1ccccc1. The van der Waals surface area contributed by atoms with Crippen molar-refractivity contribution in [1.82, 2.24) is 9.97 Å². The van der Waals surface area contributed by atoms with Crippen molar-refractivity contribution in [1.29, 1.82) is 0 Å². The van der Waals surface area contributed by atoms with Gasteiger partial charge < -0.3 is 37.6 Å². The molecule has 0 aliphatic heterocycles. The molecule has 7 aromatic rings. The molecular formula is C61H70Cl2N2O10Si2. The van der Waals surface area contributed by atoms with Crippen molar-refractivity contribution in [2.75, 3.05) is 0 Å². The third-order valence-corrected chi connectivity index (χ3v) is 23.2. The largest absolute Gasteiger partial charge is 0.487 e. The average Bonchev–Trinajstić information content (AvgIpc) is 3.41. The third-order valence-electron chi connectivity index (χ3n) is 13.6. The van der Waals surface area contributed by atoms with Crippen LogP contribution in [-0.4, -0.2) is 43.6 Å². The minimum atomic E-state index is -2.19. The summed E-state index contributed by atoms with van der Waals surface area (Å²) in [5.41, 5.74) is 5.25. The molecule has 0 atom stereocenters. The van der Waals surface area contributed by atoms with Crippen LogP contribution in [0.5, 0.6) is 23.3 Å². The van der Waals surface area contributed by atoms with Crippen LogP contribution in [0, 0.1) is 0 Å². The number of pyridine rings is 2. The van der Waals surface area contributed by atoms with E-state index < -0.39 is 28.6 Å². The van der Waals surface area contributed by atoms with E-state index in [-0.39, 0.29) is 101 Å². The van der Waals surface area contributed by atoms with Gasteiger partial charge in [-0.05, 0) is 64.1 Å². The normalized spacial score (nSPS) is 11.7. The van der Waals surface area contributed by atoms with E-state index >= 15 is 0 Å². The summed E-state index contributed by atoms with van der Waals surface area (Å²) in [6.07, 6.45) is 0. The van der Waals surface area contributed by atoms with Crippen LogP contribution in [0.15, 0.2) is 152 Å². The molecule has 1 N–H and O–H groups in total. The Bertz CT molecular complexity index is 3010. The number of esters is 1. The molecular weight excluding hydrogens is 1050 g/mol. The van der Waals surface area contributed by atoms with Gasteiger partial charge in [-0.3, -0.25) is 0 Å². The Morgan fingerprint density at radius 3 is 1.04 bits per heavy atom. The highest BCUT2D eigenvalue weighted by Gasteiger charge is 2.40. The molecule has 77 heavy (non-hydrogen) atoms. The van der Waals surface area contributed by atoms with Crippen LogP contribution >= 0.6 is 23.2 Å². The minimum Gasteiger partial charge on any atom is -0.487 e. The van der Waals surface area contributed by atoms with Gasteiger partial charge in [0, 0.05) is 0 Å². The molecule has 0 radical (unpaired) electrons. The molecule has 7 rings (SSSR count). The van der Waals surface area contributed by atoms with Crippen LogP contribution < -0.4 is 18.9 Å². The number of carbonyl (C=O) groups excluding carboxylic acids is 1. The Kier molecular flexibility index (Phi) is 21.1. The molecule has 2 aromatic heterocycles. The number of carboxylic acid groups (broad SMARTS) is 1. The fourth-order valence-electron chi connectivity index (χ4n) is 6.90. The maximum absolute atomic E-state index is 13.8. The second-order valence-corrected chi connectivity index (χ2v) is 31.7. The first-order valence-electron chi connectivity index (χ1n) is 25.4. The van der Waals surface area contributed by atoms with Crippen molar-refractivity contribution >= 4 is 51.8 Å². The number of carboxylic acids is 1. The van der Waals surface area contributed by atoms with Gasteiger partial charge in [-0.25, -0.2) is 19.6 Å². The molecule has 0 spiro atoms. The lowest BCUT2D eigenvalue weighted by Crippen LogP contribution is -2.40. The van der Waals surface area contributed by atoms with Gasteiger partial charge in [-0.2, -0.15) is 0 Å². The Hall–Kier alpha value is -6.53. The van der Waals surface area contributed by atoms with Crippen LogP contribution in [0.2, 0.25) is 46.6 Å². The second-order valence-electron chi connectivity index (χ2n) is 21.3. The smallest absolute Gasteiger partial charge is 0.347 e. The third kappa shape index (κ3) is 17.0. The van der Waals surface area contributed by atoms with Crippen molar-refractivity contribution in [3.63, 3.8) is 0 Å². The fraction of sp³-hybridized carbons (Fsp3) is 0.311. The molecule has 0 unspecified atom stereocenters. The van der Waals surface area contributed by atoms with Gasteiger partial charge in [0.1, 0.15) is 54.8 Å². The molecule has 406 valence electrons. The number of nitrogens with zero attached hydrogens (tertiary/aromatic N) is 2. The molecule has 0 aliphatic carbocycles. The summed E-state index contributed by atoms with van der Waals surface area (Å²) >= 11 is 13.4. The van der Waals surface area contributed by atoms with E-state index in [1.165, 1.54) is 0 Å². The van der Waals surface area contributed by atoms with Crippen molar-refractivity contribution in [2.24, 2.45) is 0 Å². The maximum Gasteiger partial charge on any atom is 0.347 e. The highest BCUT2D eigenvalue weighted by molar-refractivity contribution is 6.74. The van der Waals surface area contributed by atoms with Crippen LogP contribution in [-0.2, 0) is 59.8 Å². The van der Waals surface area contributed by atoms with Crippen molar-refractivity contribution in [2.45, 2.75) is 124 Å². The molecule has 0 amide bonds. The number of benzene rings is 5. The Balaban J connectivity index is 0.000000254. The lowest BCUT2D eigenvalue weighted by molar-refractivity contribution is 0.0459. The Morgan fingerprint density at radius 2 is 0.727 bits per heavy atom. The Morgan fingerprint density at radius 1 is 0.442 bits per heavy atom. The summed E-state index contributed by atoms with van der Waals surface area (Å²) < 4.78 is 43.1. The first kappa shape index (κ1) is 59.7. The van der Waals surface area contributed by atoms with Crippen LogP contribution in [0.3, 0.4) is 0 Å². The van der Waals surface area contributed by atoms with Gasteiger partial charge in [0.15, 0.2) is 27.8 Å². The number of carbonyl (C=O) groups is 2. The van der Waals surface area contributed by atoms with E-state index in [2.05, 4.69) is 77.7 Å². The summed E-state index contributed by atoms with van der Waals surface area (Å²) in [4.78, 5) is 35.1. The zero-order valence-electron chi connectivity index (χ0n) is 45.7. The topological polar surface area (TPSA) is 145 Å². The lowest BCUT2D eigenvalue weighted by Gasteiger charge is -2.36. The molecule has 5 aromatic carbocycles. The zero-order valence-corrected chi connectivity index (χ0v) is 49.2. The van der Waals surface area contributed by atoms with E-state index in [1.54, 1.807) is 0 Å². The van der Waals surface area contributed by atoms with E-state index in [0.717, 1.165) is 27.8 Å². The van der Waals surface area contributed by atoms with E-state index in [4.69, 9.17) is 55.7 Å². The molecule has 2 heterocycles. The monoisotopic (exact) mass is 1120 g/mol. The van der Waals surface area contributed by atoms with Gasteiger partial charge in [0.2, 0.25) is 11.8 Å².